The highest BCUT2D eigenvalue weighted by Gasteiger charge is 2.10. The number of carbonyl (C=O) groups is 1. The van der Waals surface area contributed by atoms with Crippen molar-refractivity contribution in [2.45, 2.75) is 13.3 Å². The van der Waals surface area contributed by atoms with Gasteiger partial charge in [0.1, 0.15) is 4.88 Å². The monoisotopic (exact) mass is 370 g/mol. The number of thiazole rings is 1. The zero-order chi connectivity index (χ0) is 18.5. The minimum atomic E-state index is -0.0811. The number of guanidine groups is 1. The van der Waals surface area contributed by atoms with E-state index in [0.29, 0.717) is 18.0 Å². The first kappa shape index (κ1) is 21.3. The quantitative estimate of drug-likeness (QED) is 0.295. The van der Waals surface area contributed by atoms with Gasteiger partial charge in [-0.1, -0.05) is 0 Å². The molecule has 0 fully saturated rings. The summed E-state index contributed by atoms with van der Waals surface area (Å²) in [6, 6.07) is 0. The van der Waals surface area contributed by atoms with Crippen molar-refractivity contribution in [1.29, 1.82) is 0 Å². The van der Waals surface area contributed by atoms with Gasteiger partial charge in [0, 0.05) is 53.5 Å². The van der Waals surface area contributed by atoms with Crippen LogP contribution in [0.5, 0.6) is 0 Å². The fourth-order valence-corrected chi connectivity index (χ4v) is 2.85. The van der Waals surface area contributed by atoms with E-state index in [9.17, 15) is 4.79 Å². The van der Waals surface area contributed by atoms with Crippen LogP contribution in [0.2, 0.25) is 0 Å². The number of aromatic nitrogens is 1. The van der Waals surface area contributed by atoms with Crippen LogP contribution in [-0.2, 0) is 4.74 Å². The van der Waals surface area contributed by atoms with Crippen LogP contribution in [0.15, 0.2) is 10.5 Å². The Kier molecular flexibility index (Phi) is 10.8. The number of rotatable bonds is 11. The lowest BCUT2D eigenvalue weighted by atomic mass is 10.4. The molecule has 0 spiro atoms. The summed E-state index contributed by atoms with van der Waals surface area (Å²) in [4.78, 5) is 23.1. The average molecular weight is 371 g/mol. The number of hydrogen-bond acceptors (Lipinski definition) is 6. The Bertz CT molecular complexity index is 534. The second kappa shape index (κ2) is 12.6. The molecule has 1 aromatic rings. The highest BCUT2D eigenvalue weighted by Crippen LogP contribution is 2.10. The number of hydrogen-bond donors (Lipinski definition) is 3. The number of aliphatic imine (C=N–C) groups is 1. The van der Waals surface area contributed by atoms with E-state index in [1.54, 1.807) is 19.7 Å². The molecule has 0 saturated carbocycles. The summed E-state index contributed by atoms with van der Waals surface area (Å²) in [6.07, 6.45) is 1.03. The van der Waals surface area contributed by atoms with Gasteiger partial charge in [-0.25, -0.2) is 4.98 Å². The highest BCUT2D eigenvalue weighted by atomic mass is 32.1. The number of aryl methyl sites for hydroxylation is 1. The van der Waals surface area contributed by atoms with Crippen molar-refractivity contribution >= 4 is 23.2 Å². The molecular formula is C16H30N6O2S. The number of ether oxygens (including phenoxy) is 1. The molecule has 25 heavy (non-hydrogen) atoms. The number of carbonyl (C=O) groups excluding carboxylic acids is 1. The summed E-state index contributed by atoms with van der Waals surface area (Å²) in [6.45, 7) is 6.47. The topological polar surface area (TPSA) is 90.9 Å². The molecule has 1 rings (SSSR count). The molecule has 1 amide bonds. The van der Waals surface area contributed by atoms with E-state index < -0.39 is 0 Å². The zero-order valence-electron chi connectivity index (χ0n) is 15.6. The largest absolute Gasteiger partial charge is 0.385 e. The third-order valence-corrected chi connectivity index (χ3v) is 4.48. The molecule has 1 heterocycles. The zero-order valence-corrected chi connectivity index (χ0v) is 16.4. The molecule has 0 atom stereocenters. The van der Waals surface area contributed by atoms with Gasteiger partial charge in [-0.05, 0) is 20.4 Å². The van der Waals surface area contributed by atoms with Crippen molar-refractivity contribution in [2.75, 3.05) is 60.5 Å². The Morgan fingerprint density at radius 1 is 1.28 bits per heavy atom. The second-order valence-electron chi connectivity index (χ2n) is 5.60. The molecule has 0 aliphatic rings. The molecule has 9 heteroatoms. The summed E-state index contributed by atoms with van der Waals surface area (Å²) in [5, 5.41) is 9.32. The minimum Gasteiger partial charge on any atom is -0.385 e. The Labute approximate surface area is 154 Å². The molecule has 0 aliphatic heterocycles. The average Bonchev–Trinajstić information content (AvgIpc) is 3.03. The minimum absolute atomic E-state index is 0.0811. The van der Waals surface area contributed by atoms with Crippen LogP contribution in [0.25, 0.3) is 0 Å². The Morgan fingerprint density at radius 2 is 2.00 bits per heavy atom. The number of nitrogens with zero attached hydrogens (tertiary/aromatic N) is 3. The van der Waals surface area contributed by atoms with Crippen molar-refractivity contribution in [3.8, 4) is 0 Å². The lowest BCUT2D eigenvalue weighted by molar-refractivity contribution is 0.0957. The number of amides is 1. The van der Waals surface area contributed by atoms with Crippen LogP contribution in [0.3, 0.4) is 0 Å². The maximum Gasteiger partial charge on any atom is 0.263 e. The summed E-state index contributed by atoms with van der Waals surface area (Å²) < 4.78 is 5.05. The van der Waals surface area contributed by atoms with Crippen molar-refractivity contribution in [2.24, 2.45) is 4.99 Å². The van der Waals surface area contributed by atoms with E-state index in [1.165, 1.54) is 11.3 Å². The van der Waals surface area contributed by atoms with Crippen molar-refractivity contribution in [1.82, 2.24) is 25.8 Å². The first-order chi connectivity index (χ1) is 12.1. The molecule has 0 aromatic carbocycles. The van der Waals surface area contributed by atoms with Crippen LogP contribution in [0.1, 0.15) is 21.8 Å². The van der Waals surface area contributed by atoms with Crippen molar-refractivity contribution in [3.63, 3.8) is 0 Å². The molecule has 142 valence electrons. The molecular weight excluding hydrogens is 340 g/mol. The van der Waals surface area contributed by atoms with Gasteiger partial charge >= 0.3 is 0 Å². The SMILES string of the molecule is CN=C(NCCNC(=O)c1scnc1C)NCCN(C)CCCOC. The first-order valence-corrected chi connectivity index (χ1v) is 9.26. The van der Waals surface area contributed by atoms with Gasteiger partial charge in [0.2, 0.25) is 0 Å². The van der Waals surface area contributed by atoms with Crippen LogP contribution in [-0.4, -0.2) is 82.3 Å². The van der Waals surface area contributed by atoms with Gasteiger partial charge in [0.25, 0.3) is 5.91 Å². The predicted octanol–water partition coefficient (Wildman–Crippen LogP) is 0.315. The maximum atomic E-state index is 12.0. The summed E-state index contributed by atoms with van der Waals surface area (Å²) in [5.74, 6) is 0.649. The van der Waals surface area contributed by atoms with Gasteiger partial charge in [0.05, 0.1) is 11.2 Å². The maximum absolute atomic E-state index is 12.0. The van der Waals surface area contributed by atoms with Crippen LogP contribution >= 0.6 is 11.3 Å². The normalized spacial score (nSPS) is 11.6. The standard InChI is InChI=1S/C16H30N6O2S/c1-13-14(25-12-21-13)15(23)18-6-7-19-16(17-2)20-8-10-22(3)9-5-11-24-4/h12H,5-11H2,1-4H3,(H,18,23)(H2,17,19,20). The van der Waals surface area contributed by atoms with Crippen LogP contribution < -0.4 is 16.0 Å². The molecule has 8 nitrogen and oxygen atoms in total. The van der Waals surface area contributed by atoms with Gasteiger partial charge < -0.3 is 25.6 Å². The van der Waals surface area contributed by atoms with Crippen molar-refractivity contribution < 1.29 is 9.53 Å². The molecule has 0 bridgehead atoms. The second-order valence-corrected chi connectivity index (χ2v) is 6.45. The highest BCUT2D eigenvalue weighted by molar-refractivity contribution is 7.11. The summed E-state index contributed by atoms with van der Waals surface area (Å²) in [7, 11) is 5.54. The number of nitrogens with one attached hydrogen (secondary N) is 3. The van der Waals surface area contributed by atoms with Gasteiger partial charge in [0.15, 0.2) is 5.96 Å². The van der Waals surface area contributed by atoms with E-state index in [0.717, 1.165) is 44.3 Å². The number of methoxy groups -OCH3 is 1. The third kappa shape index (κ3) is 8.80. The van der Waals surface area contributed by atoms with Crippen LogP contribution in [0, 0.1) is 6.92 Å². The van der Waals surface area contributed by atoms with Crippen molar-refractivity contribution in [3.05, 3.63) is 16.1 Å². The van der Waals surface area contributed by atoms with Gasteiger partial charge in [-0.2, -0.15) is 0 Å². The molecule has 1 aromatic heterocycles. The van der Waals surface area contributed by atoms with E-state index in [-0.39, 0.29) is 5.91 Å². The predicted molar refractivity (Wildman–Crippen MR) is 103 cm³/mol. The fraction of sp³-hybridized carbons (Fsp3) is 0.688. The molecule has 0 aliphatic carbocycles. The van der Waals surface area contributed by atoms with Gasteiger partial charge in [-0.15, -0.1) is 11.3 Å². The van der Waals surface area contributed by atoms with Crippen LogP contribution in [0.4, 0.5) is 0 Å². The molecule has 0 saturated heterocycles. The Hall–Kier alpha value is -1.71. The summed E-state index contributed by atoms with van der Waals surface area (Å²) >= 11 is 1.36. The van der Waals surface area contributed by atoms with E-state index in [4.69, 9.17) is 4.74 Å². The molecule has 0 radical (unpaired) electrons. The molecule has 0 unspecified atom stereocenters. The van der Waals surface area contributed by atoms with E-state index in [2.05, 4.69) is 37.9 Å². The van der Waals surface area contributed by atoms with E-state index in [1.807, 2.05) is 6.92 Å². The smallest absolute Gasteiger partial charge is 0.263 e. The fourth-order valence-electron chi connectivity index (χ4n) is 2.13. The lowest BCUT2D eigenvalue weighted by Gasteiger charge is -2.18. The third-order valence-electron chi connectivity index (χ3n) is 3.55. The van der Waals surface area contributed by atoms with Gasteiger partial charge in [-0.3, -0.25) is 9.79 Å². The Balaban J connectivity index is 2.14. The Morgan fingerprint density at radius 3 is 2.64 bits per heavy atom. The number of likely N-dealkylation sites (N-methyl/N-ethyl adjacent to an activating group) is 1. The van der Waals surface area contributed by atoms with E-state index >= 15 is 0 Å². The first-order valence-electron chi connectivity index (χ1n) is 8.38. The summed E-state index contributed by atoms with van der Waals surface area (Å²) in [5.41, 5.74) is 2.45. The molecule has 3 N–H and O–H groups in total. The lowest BCUT2D eigenvalue weighted by Crippen LogP contribution is -2.43.